The molecule has 0 saturated carbocycles. The second-order valence-electron chi connectivity index (χ2n) is 6.82. The van der Waals surface area contributed by atoms with E-state index in [1.54, 1.807) is 0 Å². The normalized spacial score (nSPS) is 14.2. The molecule has 0 bridgehead atoms. The molecule has 2 atom stereocenters. The molecule has 0 saturated heterocycles. The lowest BCUT2D eigenvalue weighted by Crippen LogP contribution is -2.29. The van der Waals surface area contributed by atoms with Crippen molar-refractivity contribution in [3.8, 4) is 11.1 Å². The Kier molecular flexibility index (Phi) is 7.70. The highest BCUT2D eigenvalue weighted by Crippen LogP contribution is 2.28. The minimum Gasteiger partial charge on any atom is -0.288 e. The summed E-state index contributed by atoms with van der Waals surface area (Å²) in [5, 5.41) is 0. The largest absolute Gasteiger partial charge is 0.522 e. The first-order valence-electron chi connectivity index (χ1n) is 9.28. The van der Waals surface area contributed by atoms with E-state index in [1.165, 1.54) is 16.7 Å². The van der Waals surface area contributed by atoms with Gasteiger partial charge in [0.15, 0.2) is 0 Å². The van der Waals surface area contributed by atoms with Gasteiger partial charge in [0.05, 0.1) is 6.10 Å². The zero-order chi connectivity index (χ0) is 19.0. The molecule has 2 unspecified atom stereocenters. The Hall–Kier alpha value is -1.81. The molecule has 0 heterocycles. The number of hydrogen-bond donors (Lipinski definition) is 0. The quantitative estimate of drug-likeness (QED) is 0.465. The van der Waals surface area contributed by atoms with Crippen LogP contribution in [0.25, 0.3) is 11.1 Å². The third-order valence-corrected chi connectivity index (χ3v) is 4.68. The highest BCUT2D eigenvalue weighted by Gasteiger charge is 2.35. The van der Waals surface area contributed by atoms with Crippen molar-refractivity contribution in [3.63, 3.8) is 0 Å². The van der Waals surface area contributed by atoms with Gasteiger partial charge in [0, 0.05) is 0 Å². The number of rotatable bonds is 9. The van der Waals surface area contributed by atoms with Gasteiger partial charge in [-0.2, -0.15) is 0 Å². The van der Waals surface area contributed by atoms with Gasteiger partial charge in [-0.3, -0.25) is 4.74 Å². The van der Waals surface area contributed by atoms with Gasteiger partial charge in [0.1, 0.15) is 0 Å². The predicted octanol–water partition coefficient (Wildman–Crippen LogP) is 7.02. The first-order chi connectivity index (χ1) is 12.4. The first-order valence-corrected chi connectivity index (χ1v) is 9.28. The van der Waals surface area contributed by atoms with Gasteiger partial charge in [0.25, 0.3) is 0 Å². The zero-order valence-electron chi connectivity index (χ0n) is 15.4. The van der Waals surface area contributed by atoms with Gasteiger partial charge in [-0.1, -0.05) is 74.9 Å². The molecular weight excluding hydrogens is 337 g/mol. The minimum absolute atomic E-state index is 0.111. The average molecular weight is 364 g/mol. The Balaban J connectivity index is 1.84. The average Bonchev–Trinajstić information content (AvgIpc) is 2.61. The fourth-order valence-electron chi connectivity index (χ4n) is 3.22. The Morgan fingerprint density at radius 1 is 0.885 bits per heavy atom. The number of ether oxygens (including phenoxy) is 1. The molecule has 2 rings (SSSR count). The monoisotopic (exact) mass is 364 g/mol. The molecule has 0 aliphatic rings. The van der Waals surface area contributed by atoms with Crippen molar-refractivity contribution >= 4 is 0 Å². The van der Waals surface area contributed by atoms with Crippen LogP contribution < -0.4 is 0 Å². The molecule has 0 aliphatic heterocycles. The lowest BCUT2D eigenvalue weighted by atomic mass is 9.93. The highest BCUT2D eigenvalue weighted by molar-refractivity contribution is 5.63. The van der Waals surface area contributed by atoms with E-state index in [0.717, 1.165) is 19.3 Å². The van der Waals surface area contributed by atoms with E-state index in [1.807, 2.05) is 32.0 Å². The van der Waals surface area contributed by atoms with E-state index >= 15 is 0 Å². The summed E-state index contributed by atoms with van der Waals surface area (Å²) >= 11 is 0. The molecular formula is C22H27F3O. The van der Waals surface area contributed by atoms with Crippen LogP contribution in [0, 0.1) is 5.92 Å². The number of alkyl halides is 3. The fourth-order valence-corrected chi connectivity index (χ4v) is 3.22. The lowest BCUT2D eigenvalue weighted by molar-refractivity contribution is -0.348. The van der Waals surface area contributed by atoms with Crippen LogP contribution in [-0.4, -0.2) is 12.5 Å². The Morgan fingerprint density at radius 3 is 2.08 bits per heavy atom. The molecule has 26 heavy (non-hydrogen) atoms. The third kappa shape index (κ3) is 6.83. The van der Waals surface area contributed by atoms with Crippen molar-refractivity contribution in [3.05, 3.63) is 60.2 Å². The Labute approximate surface area is 154 Å². The molecule has 142 valence electrons. The summed E-state index contributed by atoms with van der Waals surface area (Å²) in [7, 11) is 0. The van der Waals surface area contributed by atoms with E-state index in [2.05, 4.69) is 41.1 Å². The van der Waals surface area contributed by atoms with Crippen LogP contribution in [0.2, 0.25) is 0 Å². The topological polar surface area (TPSA) is 9.23 Å². The summed E-state index contributed by atoms with van der Waals surface area (Å²) in [6.45, 7) is 3.73. The third-order valence-electron chi connectivity index (χ3n) is 4.68. The number of hydrogen-bond acceptors (Lipinski definition) is 1. The smallest absolute Gasteiger partial charge is 0.288 e. The minimum atomic E-state index is -4.55. The predicted molar refractivity (Wildman–Crippen MR) is 99.8 cm³/mol. The van der Waals surface area contributed by atoms with Crippen molar-refractivity contribution in [2.75, 3.05) is 0 Å². The molecule has 0 aromatic heterocycles. The lowest BCUT2D eigenvalue weighted by Gasteiger charge is -2.25. The zero-order valence-corrected chi connectivity index (χ0v) is 15.4. The number of halogens is 3. The van der Waals surface area contributed by atoms with Crippen LogP contribution in [0.4, 0.5) is 13.2 Å². The maximum Gasteiger partial charge on any atom is 0.522 e. The SMILES string of the molecule is CCCC(OC(F)(F)F)C(C)CCCc1ccc(-c2ccccc2)cc1. The summed E-state index contributed by atoms with van der Waals surface area (Å²) in [4.78, 5) is 0. The van der Waals surface area contributed by atoms with Gasteiger partial charge < -0.3 is 0 Å². The van der Waals surface area contributed by atoms with Crippen molar-refractivity contribution in [2.45, 2.75) is 58.4 Å². The van der Waals surface area contributed by atoms with Crippen molar-refractivity contribution in [2.24, 2.45) is 5.92 Å². The van der Waals surface area contributed by atoms with Crippen molar-refractivity contribution < 1.29 is 17.9 Å². The van der Waals surface area contributed by atoms with E-state index in [4.69, 9.17) is 0 Å². The molecule has 0 amide bonds. The van der Waals surface area contributed by atoms with Gasteiger partial charge >= 0.3 is 6.36 Å². The summed E-state index contributed by atoms with van der Waals surface area (Å²) in [5.41, 5.74) is 3.56. The van der Waals surface area contributed by atoms with E-state index in [-0.39, 0.29) is 5.92 Å². The van der Waals surface area contributed by atoms with E-state index in [9.17, 15) is 13.2 Å². The maximum atomic E-state index is 12.5. The first kappa shape index (κ1) is 20.5. The molecule has 0 radical (unpaired) electrons. The summed E-state index contributed by atoms with van der Waals surface area (Å²) in [6.07, 6.45) is -1.74. The molecule has 2 aromatic carbocycles. The molecule has 0 N–H and O–H groups in total. The summed E-state index contributed by atoms with van der Waals surface area (Å²) in [5.74, 6) is -0.111. The van der Waals surface area contributed by atoms with Crippen LogP contribution in [0.5, 0.6) is 0 Å². The van der Waals surface area contributed by atoms with Crippen molar-refractivity contribution in [1.29, 1.82) is 0 Å². The van der Waals surface area contributed by atoms with Crippen LogP contribution >= 0.6 is 0 Å². The maximum absolute atomic E-state index is 12.5. The molecule has 0 aliphatic carbocycles. The van der Waals surface area contributed by atoms with Crippen LogP contribution in [-0.2, 0) is 11.2 Å². The summed E-state index contributed by atoms with van der Waals surface area (Å²) < 4.78 is 41.9. The molecule has 4 heteroatoms. The molecule has 2 aromatic rings. The van der Waals surface area contributed by atoms with Crippen LogP contribution in [0.15, 0.2) is 54.6 Å². The fraction of sp³-hybridized carbons (Fsp3) is 0.455. The Bertz CT molecular complexity index is 635. The number of benzene rings is 2. The van der Waals surface area contributed by atoms with Gasteiger partial charge in [-0.25, -0.2) is 0 Å². The molecule has 1 nitrogen and oxygen atoms in total. The van der Waals surface area contributed by atoms with E-state index < -0.39 is 12.5 Å². The molecule has 0 fully saturated rings. The van der Waals surface area contributed by atoms with Crippen LogP contribution in [0.1, 0.15) is 45.1 Å². The van der Waals surface area contributed by atoms with Crippen molar-refractivity contribution in [1.82, 2.24) is 0 Å². The number of aryl methyl sites for hydroxylation is 1. The van der Waals surface area contributed by atoms with E-state index in [0.29, 0.717) is 12.8 Å². The Morgan fingerprint density at radius 2 is 1.50 bits per heavy atom. The summed E-state index contributed by atoms with van der Waals surface area (Å²) in [6, 6.07) is 18.6. The van der Waals surface area contributed by atoms with Gasteiger partial charge in [-0.05, 0) is 48.3 Å². The van der Waals surface area contributed by atoms with Gasteiger partial charge in [0.2, 0.25) is 0 Å². The second-order valence-corrected chi connectivity index (χ2v) is 6.82. The molecule has 0 spiro atoms. The second kappa shape index (κ2) is 9.77. The highest BCUT2D eigenvalue weighted by atomic mass is 19.4. The van der Waals surface area contributed by atoms with Gasteiger partial charge in [-0.15, -0.1) is 13.2 Å². The van der Waals surface area contributed by atoms with Crippen LogP contribution in [0.3, 0.4) is 0 Å². The standard InChI is InChI=1S/C22H27F3O/c1-3-8-21(26-22(23,24)25)17(2)9-7-10-18-13-15-20(16-14-18)19-11-5-4-6-12-19/h4-6,11-17,21H,3,7-10H2,1-2H3.